The Morgan fingerprint density at radius 1 is 1.18 bits per heavy atom. The molecule has 0 aromatic heterocycles. The van der Waals surface area contributed by atoms with Gasteiger partial charge in [0.25, 0.3) is 6.43 Å². The lowest BCUT2D eigenvalue weighted by atomic mass is 9.88. The Bertz CT molecular complexity index is 211. The zero-order valence-corrected chi connectivity index (χ0v) is 11.0. The first kappa shape index (κ1) is 15.1. The van der Waals surface area contributed by atoms with Crippen molar-refractivity contribution in [2.24, 2.45) is 5.92 Å². The number of rotatable bonds is 3. The van der Waals surface area contributed by atoms with Crippen LogP contribution < -0.4 is 5.32 Å². The average molecular weight is 269 g/mol. The molecule has 2 aliphatic rings. The van der Waals surface area contributed by atoms with E-state index in [1.165, 1.54) is 32.1 Å². The van der Waals surface area contributed by atoms with Gasteiger partial charge in [0, 0.05) is 26.2 Å². The van der Waals surface area contributed by atoms with Crippen LogP contribution in [-0.2, 0) is 0 Å². The van der Waals surface area contributed by atoms with Crippen LogP contribution in [0.2, 0.25) is 0 Å². The molecule has 1 atom stereocenters. The molecule has 0 unspecified atom stereocenters. The van der Waals surface area contributed by atoms with Gasteiger partial charge in [-0.2, -0.15) is 0 Å². The average Bonchev–Trinajstić information content (AvgIpc) is 2.31. The second kappa shape index (κ2) is 7.49. The first-order valence-electron chi connectivity index (χ1n) is 6.50. The van der Waals surface area contributed by atoms with Gasteiger partial charge in [0.1, 0.15) is 0 Å². The molecule has 1 N–H and O–H groups in total. The van der Waals surface area contributed by atoms with Crippen LogP contribution in [0.15, 0.2) is 0 Å². The van der Waals surface area contributed by atoms with E-state index in [4.69, 9.17) is 0 Å². The number of hydrogen-bond acceptors (Lipinski definition) is 2. The van der Waals surface area contributed by atoms with Gasteiger partial charge in [0.2, 0.25) is 0 Å². The summed E-state index contributed by atoms with van der Waals surface area (Å²) in [6, 6.07) is -0.560. The molecule has 102 valence electrons. The third kappa shape index (κ3) is 4.34. The Morgan fingerprint density at radius 3 is 2.53 bits per heavy atom. The topological polar surface area (TPSA) is 15.3 Å². The summed E-state index contributed by atoms with van der Waals surface area (Å²) in [6.07, 6.45) is 4.17. The van der Waals surface area contributed by atoms with E-state index in [9.17, 15) is 8.78 Å². The molecular formula is C12H23ClF2N2. The number of piperazine rings is 1. The van der Waals surface area contributed by atoms with E-state index in [1.807, 2.05) is 4.90 Å². The van der Waals surface area contributed by atoms with E-state index < -0.39 is 12.5 Å². The second-order valence-corrected chi connectivity index (χ2v) is 5.10. The van der Waals surface area contributed by atoms with Crippen molar-refractivity contribution >= 4 is 12.4 Å². The Kier molecular flexibility index (Phi) is 6.67. The molecule has 2 nitrogen and oxygen atoms in total. The third-order valence-corrected chi connectivity index (χ3v) is 3.91. The largest absolute Gasteiger partial charge is 0.314 e. The minimum absolute atomic E-state index is 0. The first-order chi connectivity index (χ1) is 7.77. The monoisotopic (exact) mass is 268 g/mol. The van der Waals surface area contributed by atoms with Crippen LogP contribution in [0.1, 0.15) is 32.1 Å². The van der Waals surface area contributed by atoms with Crippen LogP contribution in [0.25, 0.3) is 0 Å². The van der Waals surface area contributed by atoms with Crippen LogP contribution in [0.5, 0.6) is 0 Å². The van der Waals surface area contributed by atoms with Crippen molar-refractivity contribution < 1.29 is 8.78 Å². The van der Waals surface area contributed by atoms with Crippen molar-refractivity contribution in [2.75, 3.05) is 26.2 Å². The third-order valence-electron chi connectivity index (χ3n) is 3.91. The van der Waals surface area contributed by atoms with Crippen LogP contribution in [0.4, 0.5) is 8.78 Å². The van der Waals surface area contributed by atoms with Crippen molar-refractivity contribution in [3.8, 4) is 0 Å². The van der Waals surface area contributed by atoms with E-state index in [1.54, 1.807) is 0 Å². The normalized spacial score (nSPS) is 28.1. The Balaban J connectivity index is 0.00000144. The summed E-state index contributed by atoms with van der Waals surface area (Å²) in [7, 11) is 0. The standard InChI is InChI=1S/C12H22F2N2.ClH/c13-12(14)11-8-15-6-7-16(11)9-10-4-2-1-3-5-10;/h10-12,15H,1-9H2;1H/t11-;/m1./s1. The highest BCUT2D eigenvalue weighted by Gasteiger charge is 2.31. The van der Waals surface area contributed by atoms with Crippen LogP contribution >= 0.6 is 12.4 Å². The van der Waals surface area contributed by atoms with Gasteiger partial charge in [0.15, 0.2) is 0 Å². The zero-order valence-electron chi connectivity index (χ0n) is 10.2. The van der Waals surface area contributed by atoms with Crippen LogP contribution in [0, 0.1) is 5.92 Å². The van der Waals surface area contributed by atoms with E-state index in [0.717, 1.165) is 19.6 Å². The van der Waals surface area contributed by atoms with E-state index in [-0.39, 0.29) is 12.4 Å². The molecule has 1 saturated heterocycles. The molecule has 0 radical (unpaired) electrons. The first-order valence-corrected chi connectivity index (χ1v) is 6.50. The van der Waals surface area contributed by atoms with Gasteiger partial charge in [0.05, 0.1) is 6.04 Å². The maximum atomic E-state index is 12.8. The fourth-order valence-corrected chi connectivity index (χ4v) is 2.94. The van der Waals surface area contributed by atoms with Crippen molar-refractivity contribution in [2.45, 2.75) is 44.6 Å². The maximum absolute atomic E-state index is 12.8. The highest BCUT2D eigenvalue weighted by atomic mass is 35.5. The summed E-state index contributed by atoms with van der Waals surface area (Å²) in [5.74, 6) is 0.660. The molecule has 5 heteroatoms. The smallest absolute Gasteiger partial charge is 0.255 e. The minimum Gasteiger partial charge on any atom is -0.314 e. The molecule has 0 aromatic carbocycles. The van der Waals surface area contributed by atoms with Gasteiger partial charge >= 0.3 is 0 Å². The van der Waals surface area contributed by atoms with Crippen LogP contribution in [-0.4, -0.2) is 43.5 Å². The predicted molar refractivity (Wildman–Crippen MR) is 68.1 cm³/mol. The summed E-state index contributed by atoms with van der Waals surface area (Å²) in [4.78, 5) is 2.01. The molecule has 17 heavy (non-hydrogen) atoms. The van der Waals surface area contributed by atoms with E-state index >= 15 is 0 Å². The van der Waals surface area contributed by atoms with Gasteiger partial charge in [-0.15, -0.1) is 12.4 Å². The van der Waals surface area contributed by atoms with Gasteiger partial charge in [-0.25, -0.2) is 8.78 Å². The predicted octanol–water partition coefficient (Wildman–Crippen LogP) is 2.53. The molecule has 0 bridgehead atoms. The maximum Gasteiger partial charge on any atom is 0.255 e. The molecule has 1 aliphatic heterocycles. The Morgan fingerprint density at radius 2 is 1.88 bits per heavy atom. The van der Waals surface area contributed by atoms with E-state index in [2.05, 4.69) is 5.32 Å². The molecule has 1 heterocycles. The highest BCUT2D eigenvalue weighted by molar-refractivity contribution is 5.85. The Labute approximate surface area is 109 Å². The van der Waals surface area contributed by atoms with Crippen molar-refractivity contribution in [1.82, 2.24) is 10.2 Å². The van der Waals surface area contributed by atoms with E-state index in [0.29, 0.717) is 12.5 Å². The molecule has 2 rings (SSSR count). The summed E-state index contributed by atoms with van der Waals surface area (Å²) in [6.45, 7) is 2.97. The van der Waals surface area contributed by atoms with Crippen molar-refractivity contribution in [1.29, 1.82) is 0 Å². The molecule has 0 spiro atoms. The van der Waals surface area contributed by atoms with Crippen molar-refractivity contribution in [3.05, 3.63) is 0 Å². The zero-order chi connectivity index (χ0) is 11.4. The fourth-order valence-electron chi connectivity index (χ4n) is 2.94. The summed E-state index contributed by atoms with van der Waals surface area (Å²) in [5, 5.41) is 3.06. The lowest BCUT2D eigenvalue weighted by Crippen LogP contribution is -2.55. The molecule has 1 saturated carbocycles. The Hall–Kier alpha value is 0.0700. The number of halogens is 3. The molecule has 1 aliphatic carbocycles. The molecular weight excluding hydrogens is 246 g/mol. The second-order valence-electron chi connectivity index (χ2n) is 5.10. The summed E-state index contributed by atoms with van der Waals surface area (Å²) in [5.41, 5.74) is 0. The number of nitrogens with one attached hydrogen (secondary N) is 1. The fraction of sp³-hybridized carbons (Fsp3) is 1.00. The number of alkyl halides is 2. The molecule has 2 fully saturated rings. The number of hydrogen-bond donors (Lipinski definition) is 1. The summed E-state index contributed by atoms with van der Waals surface area (Å²) >= 11 is 0. The lowest BCUT2D eigenvalue weighted by molar-refractivity contribution is 0.00246. The van der Waals surface area contributed by atoms with Gasteiger partial charge in [-0.3, -0.25) is 4.90 Å². The van der Waals surface area contributed by atoms with Crippen molar-refractivity contribution in [3.63, 3.8) is 0 Å². The van der Waals surface area contributed by atoms with Gasteiger partial charge in [-0.05, 0) is 18.8 Å². The van der Waals surface area contributed by atoms with Gasteiger partial charge < -0.3 is 5.32 Å². The summed E-state index contributed by atoms with van der Waals surface area (Å²) < 4.78 is 25.7. The number of nitrogens with zero attached hydrogens (tertiary/aromatic N) is 1. The molecule has 0 aromatic rings. The minimum atomic E-state index is -2.21. The molecule has 0 amide bonds. The quantitative estimate of drug-likeness (QED) is 0.846. The van der Waals surface area contributed by atoms with Gasteiger partial charge in [-0.1, -0.05) is 19.3 Å². The lowest BCUT2D eigenvalue weighted by Gasteiger charge is -2.38. The SMILES string of the molecule is Cl.FC(F)[C@H]1CNCCN1CC1CCCCC1. The van der Waals surface area contributed by atoms with Crippen LogP contribution in [0.3, 0.4) is 0 Å². The highest BCUT2D eigenvalue weighted by Crippen LogP contribution is 2.26.